The molecule has 4 rings (SSSR count). The Kier molecular flexibility index (Phi) is 8.92. The number of nitrogens with zero attached hydrogens (tertiary/aromatic N) is 1. The average molecular weight is 493 g/mol. The van der Waals surface area contributed by atoms with Crippen molar-refractivity contribution in [1.29, 1.82) is 0 Å². The molecule has 1 aliphatic rings. The molecule has 7 nitrogen and oxygen atoms in total. The summed E-state index contributed by atoms with van der Waals surface area (Å²) >= 11 is 0. The van der Waals surface area contributed by atoms with E-state index in [4.69, 9.17) is 23.7 Å². The Bertz CT molecular complexity index is 1090. The number of benzene rings is 3. The first-order chi connectivity index (χ1) is 17.7. The molecule has 36 heavy (non-hydrogen) atoms. The van der Waals surface area contributed by atoms with E-state index in [1.807, 2.05) is 43.3 Å². The molecule has 1 atom stereocenters. The van der Waals surface area contributed by atoms with Gasteiger partial charge in [0.2, 0.25) is 5.75 Å². The van der Waals surface area contributed by atoms with Gasteiger partial charge in [0.05, 0.1) is 34.0 Å². The van der Waals surface area contributed by atoms with Gasteiger partial charge in [0, 0.05) is 26.2 Å². The lowest BCUT2D eigenvalue weighted by Crippen LogP contribution is -2.45. The molecule has 0 aromatic heterocycles. The molecule has 1 N–H and O–H groups in total. The predicted octanol–water partition coefficient (Wildman–Crippen LogP) is 4.68. The van der Waals surface area contributed by atoms with E-state index < -0.39 is 0 Å². The molecule has 0 bridgehead atoms. The maximum absolute atomic E-state index is 6.16. The molecule has 0 amide bonds. The number of rotatable bonds is 11. The second-order valence-corrected chi connectivity index (χ2v) is 8.56. The number of ether oxygens (including phenoxy) is 5. The molecular formula is C29H36N2O5. The van der Waals surface area contributed by atoms with Gasteiger partial charge in [0.25, 0.3) is 0 Å². The zero-order valence-corrected chi connectivity index (χ0v) is 21.6. The van der Waals surface area contributed by atoms with Crippen LogP contribution < -0.4 is 29.0 Å². The van der Waals surface area contributed by atoms with Crippen LogP contribution in [0.25, 0.3) is 0 Å². The van der Waals surface area contributed by atoms with Crippen molar-refractivity contribution in [2.45, 2.75) is 19.6 Å². The largest absolute Gasteiger partial charge is 0.493 e. The van der Waals surface area contributed by atoms with Crippen LogP contribution in [0.5, 0.6) is 28.7 Å². The molecule has 0 radical (unpaired) electrons. The highest BCUT2D eigenvalue weighted by molar-refractivity contribution is 5.56. The summed E-state index contributed by atoms with van der Waals surface area (Å²) in [5.74, 6) is 3.33. The van der Waals surface area contributed by atoms with Crippen LogP contribution in [-0.4, -0.2) is 59.0 Å². The zero-order chi connectivity index (χ0) is 25.3. The first-order valence-corrected chi connectivity index (χ1v) is 12.4. The van der Waals surface area contributed by atoms with Crippen LogP contribution in [0, 0.1) is 0 Å². The summed E-state index contributed by atoms with van der Waals surface area (Å²) in [6.07, 6.45) is 0. The van der Waals surface area contributed by atoms with Crippen molar-refractivity contribution in [2.24, 2.45) is 0 Å². The maximum Gasteiger partial charge on any atom is 0.203 e. The Morgan fingerprint density at radius 2 is 1.42 bits per heavy atom. The summed E-state index contributed by atoms with van der Waals surface area (Å²) in [5, 5.41) is 3.45. The standard InChI is InChI=1S/C29H36N2O5/c1-5-35-25-17-22(11-12-24(25)36-20-21-9-7-6-8-10-21)28(31-15-13-30-14-16-31)23-18-26(32-2)29(34-4)27(19-23)33-3/h6-12,17-19,28,30H,5,13-16,20H2,1-4H3. The van der Waals surface area contributed by atoms with Crippen molar-refractivity contribution in [2.75, 3.05) is 54.1 Å². The summed E-state index contributed by atoms with van der Waals surface area (Å²) < 4.78 is 29.1. The van der Waals surface area contributed by atoms with Gasteiger partial charge in [-0.1, -0.05) is 36.4 Å². The number of hydrogen-bond donors (Lipinski definition) is 1. The van der Waals surface area contributed by atoms with Crippen molar-refractivity contribution in [3.63, 3.8) is 0 Å². The van der Waals surface area contributed by atoms with Crippen LogP contribution in [-0.2, 0) is 6.61 Å². The van der Waals surface area contributed by atoms with Gasteiger partial charge in [0.1, 0.15) is 6.61 Å². The Balaban J connectivity index is 1.73. The monoisotopic (exact) mass is 492 g/mol. The minimum Gasteiger partial charge on any atom is -0.493 e. The highest BCUT2D eigenvalue weighted by atomic mass is 16.5. The molecule has 3 aromatic carbocycles. The smallest absolute Gasteiger partial charge is 0.203 e. The van der Waals surface area contributed by atoms with Crippen LogP contribution in [0.2, 0.25) is 0 Å². The lowest BCUT2D eigenvalue weighted by Gasteiger charge is -2.36. The lowest BCUT2D eigenvalue weighted by molar-refractivity contribution is 0.197. The molecule has 1 unspecified atom stereocenters. The molecule has 1 heterocycles. The van der Waals surface area contributed by atoms with E-state index in [2.05, 4.69) is 34.5 Å². The van der Waals surface area contributed by atoms with E-state index in [9.17, 15) is 0 Å². The van der Waals surface area contributed by atoms with Crippen LogP contribution in [0.3, 0.4) is 0 Å². The van der Waals surface area contributed by atoms with Crippen molar-refractivity contribution in [1.82, 2.24) is 10.2 Å². The second kappa shape index (κ2) is 12.5. The van der Waals surface area contributed by atoms with Crippen LogP contribution in [0.4, 0.5) is 0 Å². The molecule has 1 aliphatic heterocycles. The SMILES string of the molecule is CCOc1cc(C(c2cc(OC)c(OC)c(OC)c2)N2CCNCC2)ccc1OCc1ccccc1. The van der Waals surface area contributed by atoms with E-state index in [1.165, 1.54) is 0 Å². The Labute approximate surface area is 213 Å². The molecule has 192 valence electrons. The first-order valence-electron chi connectivity index (χ1n) is 12.4. The van der Waals surface area contributed by atoms with Crippen molar-refractivity contribution >= 4 is 0 Å². The Morgan fingerprint density at radius 3 is 2.03 bits per heavy atom. The van der Waals surface area contributed by atoms with Gasteiger partial charge in [-0.15, -0.1) is 0 Å². The topological polar surface area (TPSA) is 61.4 Å². The van der Waals surface area contributed by atoms with Crippen LogP contribution in [0.15, 0.2) is 60.7 Å². The molecule has 3 aromatic rings. The number of methoxy groups -OCH3 is 3. The van der Waals surface area contributed by atoms with Gasteiger partial charge in [-0.05, 0) is 47.9 Å². The van der Waals surface area contributed by atoms with Crippen molar-refractivity contribution in [3.8, 4) is 28.7 Å². The summed E-state index contributed by atoms with van der Waals surface area (Å²) in [7, 11) is 4.91. The average Bonchev–Trinajstić information content (AvgIpc) is 2.93. The molecule has 1 saturated heterocycles. The zero-order valence-electron chi connectivity index (χ0n) is 21.6. The third-order valence-electron chi connectivity index (χ3n) is 6.34. The van der Waals surface area contributed by atoms with E-state index in [1.54, 1.807) is 21.3 Å². The summed E-state index contributed by atoms with van der Waals surface area (Å²) in [4.78, 5) is 2.47. The minimum absolute atomic E-state index is 0.0248. The third kappa shape index (κ3) is 5.86. The molecule has 0 spiro atoms. The quantitative estimate of drug-likeness (QED) is 0.417. The highest BCUT2D eigenvalue weighted by Gasteiger charge is 2.27. The fraction of sp³-hybridized carbons (Fsp3) is 0.379. The van der Waals surface area contributed by atoms with Crippen LogP contribution >= 0.6 is 0 Å². The van der Waals surface area contributed by atoms with E-state index in [-0.39, 0.29) is 6.04 Å². The van der Waals surface area contributed by atoms with Crippen molar-refractivity contribution < 1.29 is 23.7 Å². The summed E-state index contributed by atoms with van der Waals surface area (Å²) in [6.45, 7) is 6.70. The van der Waals surface area contributed by atoms with Gasteiger partial charge in [-0.2, -0.15) is 0 Å². The Hall–Kier alpha value is -3.42. The van der Waals surface area contributed by atoms with Gasteiger partial charge >= 0.3 is 0 Å². The van der Waals surface area contributed by atoms with Crippen molar-refractivity contribution in [3.05, 3.63) is 77.4 Å². The van der Waals surface area contributed by atoms with Gasteiger partial charge in [-0.3, -0.25) is 4.90 Å². The maximum atomic E-state index is 6.16. The minimum atomic E-state index is -0.0248. The fourth-order valence-corrected chi connectivity index (χ4v) is 4.63. The number of hydrogen-bond acceptors (Lipinski definition) is 7. The van der Waals surface area contributed by atoms with Gasteiger partial charge < -0.3 is 29.0 Å². The molecule has 1 fully saturated rings. The number of nitrogens with one attached hydrogen (secondary N) is 1. The highest BCUT2D eigenvalue weighted by Crippen LogP contribution is 2.43. The molecule has 7 heteroatoms. The van der Waals surface area contributed by atoms with E-state index in [0.717, 1.165) is 54.4 Å². The normalized spacial score (nSPS) is 14.7. The Morgan fingerprint density at radius 1 is 0.750 bits per heavy atom. The van der Waals surface area contributed by atoms with Crippen LogP contribution in [0.1, 0.15) is 29.7 Å². The molecule has 0 saturated carbocycles. The van der Waals surface area contributed by atoms with Gasteiger partial charge in [0.15, 0.2) is 23.0 Å². The first kappa shape index (κ1) is 25.7. The summed E-state index contributed by atoms with van der Waals surface area (Å²) in [5.41, 5.74) is 3.29. The number of piperazine rings is 1. The molecular weight excluding hydrogens is 456 g/mol. The third-order valence-corrected chi connectivity index (χ3v) is 6.34. The second-order valence-electron chi connectivity index (χ2n) is 8.56. The van der Waals surface area contributed by atoms with E-state index in [0.29, 0.717) is 30.5 Å². The molecule has 0 aliphatic carbocycles. The predicted molar refractivity (Wildman–Crippen MR) is 141 cm³/mol. The summed E-state index contributed by atoms with van der Waals surface area (Å²) in [6, 6.07) is 20.4. The fourth-order valence-electron chi connectivity index (χ4n) is 4.63. The van der Waals surface area contributed by atoms with E-state index >= 15 is 0 Å². The van der Waals surface area contributed by atoms with Gasteiger partial charge in [-0.25, -0.2) is 0 Å². The lowest BCUT2D eigenvalue weighted by atomic mass is 9.95.